The van der Waals surface area contributed by atoms with Gasteiger partial charge in [-0.25, -0.2) is 14.6 Å². The molecule has 2 N–H and O–H groups in total. The Balaban J connectivity index is 1.40. The number of hydrogen-bond acceptors (Lipinski definition) is 15. The zero-order valence-corrected chi connectivity index (χ0v) is 26.7. The van der Waals surface area contributed by atoms with Crippen molar-refractivity contribution in [3.63, 3.8) is 0 Å². The van der Waals surface area contributed by atoms with Gasteiger partial charge in [0.25, 0.3) is 11.6 Å². The average Bonchev–Trinajstić information content (AvgIpc) is 3.47. The molecule has 0 spiro atoms. The molecule has 2 saturated heterocycles. The molecular weight excluding hydrogens is 648 g/mol. The van der Waals surface area contributed by atoms with E-state index in [1.807, 2.05) is 0 Å². The number of aromatic nitrogens is 1. The number of nitro benzene ring substituents is 1. The van der Waals surface area contributed by atoms with Crippen LogP contribution in [0.5, 0.6) is 0 Å². The molecule has 2 fully saturated rings. The van der Waals surface area contributed by atoms with Crippen molar-refractivity contribution in [1.82, 2.24) is 15.2 Å². The highest BCUT2D eigenvalue weighted by molar-refractivity contribution is 8.00. The van der Waals surface area contributed by atoms with Crippen LogP contribution >= 0.6 is 23.1 Å². The maximum absolute atomic E-state index is 13.3. The average molecular weight is 679 g/mol. The number of ether oxygens (including phenoxy) is 3. The van der Waals surface area contributed by atoms with E-state index in [2.05, 4.69) is 20.8 Å². The third kappa shape index (κ3) is 7.96. The number of nitrogens with zero attached hydrogens (tertiary/aromatic N) is 4. The lowest BCUT2D eigenvalue weighted by molar-refractivity contribution is -0.384. The highest BCUT2D eigenvalue weighted by Gasteiger charge is 2.58. The molecule has 3 amide bonds. The van der Waals surface area contributed by atoms with Crippen LogP contribution in [0.3, 0.4) is 0 Å². The van der Waals surface area contributed by atoms with E-state index in [0.29, 0.717) is 12.0 Å². The fraction of sp³-hybridized carbons (Fsp3) is 0.444. The van der Waals surface area contributed by atoms with Gasteiger partial charge in [0.2, 0.25) is 18.9 Å². The minimum absolute atomic E-state index is 0.0186. The maximum atomic E-state index is 13.3. The number of nitro groups is 1. The number of nitrogens with one attached hydrogen (secondary N) is 2. The van der Waals surface area contributed by atoms with Gasteiger partial charge >= 0.3 is 11.9 Å². The van der Waals surface area contributed by atoms with Crippen LogP contribution in [-0.4, -0.2) is 99.3 Å². The monoisotopic (exact) mass is 678 g/mol. The molecule has 2 aliphatic rings. The first-order chi connectivity index (χ1) is 21.8. The molecular formula is C27H30N6O11S2. The first-order valence-electron chi connectivity index (χ1n) is 13.5. The summed E-state index contributed by atoms with van der Waals surface area (Å²) in [4.78, 5) is 83.3. The van der Waals surface area contributed by atoms with Crippen LogP contribution in [0.4, 0.5) is 10.8 Å². The van der Waals surface area contributed by atoms with E-state index < -0.39 is 57.9 Å². The molecule has 46 heavy (non-hydrogen) atoms. The zero-order valence-electron chi connectivity index (χ0n) is 25.0. The van der Waals surface area contributed by atoms with Crippen LogP contribution < -0.4 is 10.6 Å². The van der Waals surface area contributed by atoms with Crippen molar-refractivity contribution in [3.8, 4) is 0 Å². The first kappa shape index (κ1) is 34.3. The third-order valence-electron chi connectivity index (χ3n) is 6.52. The Kier molecular flexibility index (Phi) is 10.6. The molecule has 2 aliphatic heterocycles. The van der Waals surface area contributed by atoms with E-state index in [1.165, 1.54) is 53.4 Å². The molecule has 2 unspecified atom stereocenters. The lowest BCUT2D eigenvalue weighted by Crippen LogP contribution is -2.75. The Morgan fingerprint density at radius 3 is 2.61 bits per heavy atom. The number of non-ortho nitro benzene ring substituents is 1. The molecule has 2 aromatic rings. The fourth-order valence-electron chi connectivity index (χ4n) is 4.31. The van der Waals surface area contributed by atoms with Gasteiger partial charge in [-0.3, -0.25) is 24.5 Å². The zero-order chi connectivity index (χ0) is 33.6. The number of oxime groups is 1. The Morgan fingerprint density at radius 2 is 1.98 bits per heavy atom. The van der Waals surface area contributed by atoms with Crippen molar-refractivity contribution < 1.29 is 47.9 Å². The van der Waals surface area contributed by atoms with Gasteiger partial charge in [-0.15, -0.1) is 23.1 Å². The maximum Gasteiger partial charge on any atom is 0.347 e. The predicted octanol–water partition coefficient (Wildman–Crippen LogP) is 1.21. The smallest absolute Gasteiger partial charge is 0.347 e. The molecule has 3 heterocycles. The second-order valence-electron chi connectivity index (χ2n) is 10.9. The van der Waals surface area contributed by atoms with Crippen LogP contribution in [0.2, 0.25) is 0 Å². The predicted molar refractivity (Wildman–Crippen MR) is 163 cm³/mol. The van der Waals surface area contributed by atoms with Gasteiger partial charge in [0, 0.05) is 30.4 Å². The molecule has 1 aromatic heterocycles. The molecule has 0 saturated carbocycles. The number of methoxy groups -OCH3 is 1. The molecule has 4 rings (SSSR count). The number of rotatable bonds is 13. The van der Waals surface area contributed by atoms with Crippen LogP contribution in [0.1, 0.15) is 32.0 Å². The number of carbonyl (C=O) groups excluding carboxylic acids is 5. The molecule has 246 valence electrons. The van der Waals surface area contributed by atoms with Crippen molar-refractivity contribution in [2.45, 2.75) is 50.0 Å². The van der Waals surface area contributed by atoms with E-state index in [4.69, 9.17) is 19.0 Å². The summed E-state index contributed by atoms with van der Waals surface area (Å²) in [6.07, 6.45) is 0.409. The summed E-state index contributed by atoms with van der Waals surface area (Å²) in [6.45, 7) is 4.11. The minimum Gasteiger partial charge on any atom is -0.459 e. The van der Waals surface area contributed by atoms with E-state index in [-0.39, 0.29) is 41.1 Å². The summed E-state index contributed by atoms with van der Waals surface area (Å²) in [5, 5.41) is 20.7. The minimum atomic E-state index is -1.49. The molecule has 1 aromatic carbocycles. The van der Waals surface area contributed by atoms with Gasteiger partial charge in [-0.05, 0) is 38.5 Å². The van der Waals surface area contributed by atoms with Crippen LogP contribution in [-0.2, 0) is 49.6 Å². The Bertz CT molecular complexity index is 1540. The highest BCUT2D eigenvalue weighted by atomic mass is 32.2. The number of β-lactam (4-membered cyclic amide) rings is 1. The lowest BCUT2D eigenvalue weighted by Gasteiger charge is -2.53. The number of anilines is 1. The number of thiazole rings is 1. The van der Waals surface area contributed by atoms with Crippen molar-refractivity contribution in [2.75, 3.05) is 31.3 Å². The summed E-state index contributed by atoms with van der Waals surface area (Å²) in [5.74, 6) is -2.69. The van der Waals surface area contributed by atoms with Crippen LogP contribution in [0.25, 0.3) is 0 Å². The quantitative estimate of drug-likeness (QED) is 0.0761. The third-order valence-corrected chi connectivity index (χ3v) is 8.80. The van der Waals surface area contributed by atoms with Crippen molar-refractivity contribution in [1.29, 1.82) is 0 Å². The Labute approximate surface area is 270 Å². The van der Waals surface area contributed by atoms with Gasteiger partial charge in [0.1, 0.15) is 29.3 Å². The second-order valence-corrected chi connectivity index (χ2v) is 12.9. The standard InChI is InChI=1S/C27H30N6O11S2/c1-26(2,3)44-18(35)10-43-31-19(17-11-45-25(29-17)28-14-34)21(36)30-20-22(37)32-12-27(41-4,13-46-23(20)32)24(38)42-9-15-5-7-16(8-6-15)33(39)40/h5-8,11,14,20,23H,9-10,12-13H2,1-4H3,(H,30,36)(H,28,29,34)/t20?,23-,27?/m1/s1. The van der Waals surface area contributed by atoms with Crippen LogP contribution in [0.15, 0.2) is 34.8 Å². The first-order valence-corrected chi connectivity index (χ1v) is 15.5. The number of esters is 2. The van der Waals surface area contributed by atoms with E-state index in [1.54, 1.807) is 20.8 Å². The van der Waals surface area contributed by atoms with Gasteiger partial charge in [0.15, 0.2) is 16.4 Å². The normalized spacial score (nSPS) is 20.9. The summed E-state index contributed by atoms with van der Waals surface area (Å²) in [5.41, 5.74) is -2.17. The van der Waals surface area contributed by atoms with Crippen molar-refractivity contribution >= 4 is 69.8 Å². The van der Waals surface area contributed by atoms with Gasteiger partial charge in [-0.2, -0.15) is 0 Å². The molecule has 17 nitrogen and oxygen atoms in total. The highest BCUT2D eigenvalue weighted by Crippen LogP contribution is 2.40. The van der Waals surface area contributed by atoms with Crippen molar-refractivity contribution in [2.24, 2.45) is 5.16 Å². The number of amides is 3. The second kappa shape index (κ2) is 14.2. The summed E-state index contributed by atoms with van der Waals surface area (Å²) >= 11 is 2.20. The summed E-state index contributed by atoms with van der Waals surface area (Å²) < 4.78 is 16.1. The molecule has 0 radical (unpaired) electrons. The van der Waals surface area contributed by atoms with E-state index >= 15 is 0 Å². The number of fused-ring (bicyclic) bond motifs is 1. The molecule has 0 aliphatic carbocycles. The SMILES string of the molecule is COC1(C(=O)OCc2ccc([N+](=O)[O-])cc2)CS[C@@H]2C(NC(=O)C(=NOCC(=O)OC(C)(C)C)c3csc(NC=O)n3)C(=O)N2C1. The van der Waals surface area contributed by atoms with E-state index in [0.717, 1.165) is 11.3 Å². The largest absolute Gasteiger partial charge is 0.459 e. The topological polar surface area (TPSA) is 218 Å². The summed E-state index contributed by atoms with van der Waals surface area (Å²) in [7, 11) is 1.32. The van der Waals surface area contributed by atoms with Gasteiger partial charge in [0.05, 0.1) is 11.5 Å². The number of benzene rings is 1. The lowest BCUT2D eigenvalue weighted by atomic mass is 9.99. The number of thioether (sulfide) groups is 1. The number of carbonyl (C=O) groups is 5. The van der Waals surface area contributed by atoms with E-state index in [9.17, 15) is 34.1 Å². The molecule has 3 atom stereocenters. The van der Waals surface area contributed by atoms with Crippen LogP contribution in [0, 0.1) is 10.1 Å². The van der Waals surface area contributed by atoms with Gasteiger partial charge < -0.3 is 34.6 Å². The Hall–Kier alpha value is -4.62. The number of hydrogen-bond donors (Lipinski definition) is 2. The summed E-state index contributed by atoms with van der Waals surface area (Å²) in [6, 6.07) is 4.53. The van der Waals surface area contributed by atoms with Gasteiger partial charge in [-0.1, -0.05) is 5.16 Å². The fourth-order valence-corrected chi connectivity index (χ4v) is 6.47. The van der Waals surface area contributed by atoms with Crippen molar-refractivity contribution in [3.05, 3.63) is 51.0 Å². The Morgan fingerprint density at radius 1 is 1.26 bits per heavy atom. The molecule has 19 heteroatoms. The molecule has 0 bridgehead atoms.